The average molecular weight is 335 g/mol. The summed E-state index contributed by atoms with van der Waals surface area (Å²) in [5.41, 5.74) is 2.57. The van der Waals surface area contributed by atoms with Crippen LogP contribution in [-0.4, -0.2) is 29.7 Å². The summed E-state index contributed by atoms with van der Waals surface area (Å²) in [6, 6.07) is 21.2. The molecule has 0 spiro atoms. The lowest BCUT2D eigenvalue weighted by molar-refractivity contribution is -0.181. The molecule has 2 saturated heterocycles. The van der Waals surface area contributed by atoms with Crippen LogP contribution in [0.15, 0.2) is 60.7 Å². The average Bonchev–Trinajstić information content (AvgIpc) is 2.95. The fourth-order valence-corrected chi connectivity index (χ4v) is 4.44. The zero-order valence-electron chi connectivity index (χ0n) is 14.7. The van der Waals surface area contributed by atoms with Gasteiger partial charge in [0.25, 0.3) is 0 Å². The van der Waals surface area contributed by atoms with Crippen molar-refractivity contribution >= 4 is 5.91 Å². The van der Waals surface area contributed by atoms with Gasteiger partial charge < -0.3 is 9.64 Å². The summed E-state index contributed by atoms with van der Waals surface area (Å²) in [5.74, 6) is 0.242. The van der Waals surface area contributed by atoms with Crippen molar-refractivity contribution in [1.29, 1.82) is 0 Å². The topological polar surface area (TPSA) is 29.5 Å². The number of ether oxygens (including phenoxy) is 1. The van der Waals surface area contributed by atoms with Crippen LogP contribution in [0.3, 0.4) is 0 Å². The Morgan fingerprint density at radius 2 is 1.56 bits per heavy atom. The summed E-state index contributed by atoms with van der Waals surface area (Å²) < 4.78 is 6.35. The van der Waals surface area contributed by atoms with Gasteiger partial charge in [0.05, 0.1) is 12.5 Å². The summed E-state index contributed by atoms with van der Waals surface area (Å²) in [4.78, 5) is 14.5. The standard InChI is InChI=1S/C22H25NO2/c1-17-14-20(24)23-13-12-22(21(23)25-17,15-18-8-4-2-5-9-18)16-19-10-6-3-7-11-19/h2-11,17,21H,12-16H2,1H3/t17-,21+/m1/s1. The lowest BCUT2D eigenvalue weighted by atomic mass is 9.74. The lowest BCUT2D eigenvalue weighted by Gasteiger charge is -2.42. The summed E-state index contributed by atoms with van der Waals surface area (Å²) >= 11 is 0. The highest BCUT2D eigenvalue weighted by molar-refractivity contribution is 5.78. The molecule has 1 amide bonds. The number of nitrogens with zero attached hydrogens (tertiary/aromatic N) is 1. The second-order valence-corrected chi connectivity index (χ2v) is 7.53. The summed E-state index contributed by atoms with van der Waals surface area (Å²) in [5, 5.41) is 0. The van der Waals surface area contributed by atoms with Crippen LogP contribution < -0.4 is 0 Å². The Labute approximate surface area is 149 Å². The van der Waals surface area contributed by atoms with Crippen LogP contribution in [-0.2, 0) is 22.4 Å². The van der Waals surface area contributed by atoms with Crippen molar-refractivity contribution < 1.29 is 9.53 Å². The van der Waals surface area contributed by atoms with Crippen LogP contribution in [0.2, 0.25) is 0 Å². The molecule has 0 unspecified atom stereocenters. The van der Waals surface area contributed by atoms with E-state index >= 15 is 0 Å². The Hall–Kier alpha value is -2.13. The fraction of sp³-hybridized carbons (Fsp3) is 0.409. The van der Waals surface area contributed by atoms with Crippen molar-refractivity contribution in [3.63, 3.8) is 0 Å². The Morgan fingerprint density at radius 3 is 2.12 bits per heavy atom. The molecule has 4 rings (SSSR count). The van der Waals surface area contributed by atoms with Crippen LogP contribution in [0.5, 0.6) is 0 Å². The van der Waals surface area contributed by atoms with Crippen LogP contribution in [0.1, 0.15) is 30.9 Å². The zero-order chi connectivity index (χ0) is 17.3. The van der Waals surface area contributed by atoms with E-state index < -0.39 is 0 Å². The van der Waals surface area contributed by atoms with Crippen LogP contribution in [0, 0.1) is 5.41 Å². The van der Waals surface area contributed by atoms with E-state index in [-0.39, 0.29) is 23.7 Å². The maximum atomic E-state index is 12.5. The Balaban J connectivity index is 1.69. The van der Waals surface area contributed by atoms with Crippen molar-refractivity contribution in [3.05, 3.63) is 71.8 Å². The monoisotopic (exact) mass is 335 g/mol. The van der Waals surface area contributed by atoms with E-state index in [9.17, 15) is 4.79 Å². The number of benzene rings is 2. The molecular weight excluding hydrogens is 310 g/mol. The molecule has 2 heterocycles. The first-order valence-corrected chi connectivity index (χ1v) is 9.19. The highest BCUT2D eigenvalue weighted by Crippen LogP contribution is 2.45. The molecule has 0 aliphatic carbocycles. The summed E-state index contributed by atoms with van der Waals surface area (Å²) in [6.07, 6.45) is 3.23. The predicted molar refractivity (Wildman–Crippen MR) is 98.0 cm³/mol. The van der Waals surface area contributed by atoms with E-state index in [1.807, 2.05) is 11.8 Å². The Kier molecular flexibility index (Phi) is 4.34. The van der Waals surface area contributed by atoms with Gasteiger partial charge in [0, 0.05) is 12.0 Å². The number of hydrogen-bond donors (Lipinski definition) is 0. The number of amides is 1. The highest BCUT2D eigenvalue weighted by atomic mass is 16.5. The predicted octanol–water partition coefficient (Wildman–Crippen LogP) is 3.83. The van der Waals surface area contributed by atoms with Gasteiger partial charge in [-0.25, -0.2) is 0 Å². The molecule has 0 radical (unpaired) electrons. The SMILES string of the molecule is C[C@@H]1CC(=O)N2CCC(Cc3ccccc3)(Cc3ccccc3)[C@@H]2O1. The first-order chi connectivity index (χ1) is 12.2. The smallest absolute Gasteiger partial charge is 0.227 e. The molecule has 3 heteroatoms. The van der Waals surface area contributed by atoms with Crippen LogP contribution in [0.25, 0.3) is 0 Å². The minimum atomic E-state index is -0.121. The Morgan fingerprint density at radius 1 is 1.00 bits per heavy atom. The van der Waals surface area contributed by atoms with Gasteiger partial charge in [-0.2, -0.15) is 0 Å². The fourth-order valence-electron chi connectivity index (χ4n) is 4.44. The van der Waals surface area contributed by atoms with Crippen molar-refractivity contribution in [2.24, 2.45) is 5.41 Å². The van der Waals surface area contributed by atoms with Gasteiger partial charge in [-0.1, -0.05) is 60.7 Å². The molecule has 2 aromatic carbocycles. The molecule has 2 aliphatic rings. The van der Waals surface area contributed by atoms with Gasteiger partial charge in [-0.3, -0.25) is 4.79 Å². The third-order valence-corrected chi connectivity index (χ3v) is 5.60. The molecule has 2 aliphatic heterocycles. The molecule has 2 fully saturated rings. The van der Waals surface area contributed by atoms with E-state index in [0.717, 1.165) is 25.8 Å². The molecule has 0 N–H and O–H groups in total. The molecule has 130 valence electrons. The maximum absolute atomic E-state index is 12.5. The number of carbonyl (C=O) groups is 1. The lowest BCUT2D eigenvalue weighted by Crippen LogP contribution is -2.52. The normalized spacial score (nSPS) is 25.0. The third-order valence-electron chi connectivity index (χ3n) is 5.60. The van der Waals surface area contributed by atoms with Crippen LogP contribution in [0.4, 0.5) is 0 Å². The van der Waals surface area contributed by atoms with Gasteiger partial charge >= 0.3 is 0 Å². The summed E-state index contributed by atoms with van der Waals surface area (Å²) in [7, 11) is 0. The van der Waals surface area contributed by atoms with Crippen molar-refractivity contribution in [2.45, 2.75) is 44.9 Å². The van der Waals surface area contributed by atoms with Gasteiger partial charge in [0.15, 0.2) is 0 Å². The molecule has 3 nitrogen and oxygen atoms in total. The van der Waals surface area contributed by atoms with E-state index in [1.165, 1.54) is 11.1 Å². The molecule has 2 aromatic rings. The number of fused-ring (bicyclic) bond motifs is 1. The van der Waals surface area contributed by atoms with Gasteiger partial charge in [-0.15, -0.1) is 0 Å². The maximum Gasteiger partial charge on any atom is 0.227 e. The molecular formula is C22H25NO2. The van der Waals surface area contributed by atoms with Gasteiger partial charge in [-0.05, 0) is 37.3 Å². The van der Waals surface area contributed by atoms with E-state index in [1.54, 1.807) is 0 Å². The van der Waals surface area contributed by atoms with Crippen molar-refractivity contribution in [3.8, 4) is 0 Å². The van der Waals surface area contributed by atoms with Crippen molar-refractivity contribution in [2.75, 3.05) is 6.54 Å². The first-order valence-electron chi connectivity index (χ1n) is 9.19. The Bertz CT molecular complexity index is 687. The molecule has 25 heavy (non-hydrogen) atoms. The van der Waals surface area contributed by atoms with Gasteiger partial charge in [0.2, 0.25) is 5.91 Å². The molecule has 0 bridgehead atoms. The van der Waals surface area contributed by atoms with Crippen molar-refractivity contribution in [1.82, 2.24) is 4.90 Å². The number of hydrogen-bond acceptors (Lipinski definition) is 2. The zero-order valence-corrected chi connectivity index (χ0v) is 14.7. The summed E-state index contributed by atoms with van der Waals surface area (Å²) in [6.45, 7) is 2.82. The molecule has 0 aromatic heterocycles. The molecule has 0 saturated carbocycles. The van der Waals surface area contributed by atoms with Crippen LogP contribution >= 0.6 is 0 Å². The molecule has 2 atom stereocenters. The van der Waals surface area contributed by atoms with Gasteiger partial charge in [0.1, 0.15) is 6.23 Å². The quantitative estimate of drug-likeness (QED) is 0.850. The number of carbonyl (C=O) groups excluding carboxylic acids is 1. The minimum absolute atomic E-state index is 0.00206. The largest absolute Gasteiger partial charge is 0.354 e. The second-order valence-electron chi connectivity index (χ2n) is 7.53. The van der Waals surface area contributed by atoms with E-state index in [2.05, 4.69) is 60.7 Å². The second kappa shape index (κ2) is 6.64. The van der Waals surface area contributed by atoms with E-state index in [0.29, 0.717) is 6.42 Å². The highest BCUT2D eigenvalue weighted by Gasteiger charge is 2.52. The minimum Gasteiger partial charge on any atom is -0.354 e. The number of rotatable bonds is 4. The van der Waals surface area contributed by atoms with E-state index in [4.69, 9.17) is 4.74 Å². The first kappa shape index (κ1) is 16.3. The third kappa shape index (κ3) is 3.21.